The lowest BCUT2D eigenvalue weighted by Crippen LogP contribution is -2.51. The number of alkyl halides is 3. The zero-order valence-electron chi connectivity index (χ0n) is 18.0. The molecule has 2 heterocycles. The monoisotopic (exact) mass is 475 g/mol. The van der Waals surface area contributed by atoms with Gasteiger partial charge in [0, 0.05) is 29.0 Å². The Balaban J connectivity index is 2.25. The first-order valence-corrected chi connectivity index (χ1v) is 10.9. The predicted molar refractivity (Wildman–Crippen MR) is 113 cm³/mol. The normalized spacial score (nSPS) is 21.6. The second-order valence-electron chi connectivity index (χ2n) is 8.91. The Bertz CT molecular complexity index is 998. The van der Waals surface area contributed by atoms with Crippen LogP contribution < -0.4 is 15.2 Å². The van der Waals surface area contributed by atoms with Crippen LogP contribution in [0.3, 0.4) is 0 Å². The summed E-state index contributed by atoms with van der Waals surface area (Å²) in [6.07, 6.45) is -5.11. The molecule has 176 valence electrons. The molecule has 0 fully saturated rings. The van der Waals surface area contributed by atoms with E-state index in [1.165, 1.54) is 12.1 Å². The van der Waals surface area contributed by atoms with Crippen molar-refractivity contribution in [3.63, 3.8) is 0 Å². The summed E-state index contributed by atoms with van der Waals surface area (Å²) in [6.45, 7) is 5.66. The zero-order valence-corrected chi connectivity index (χ0v) is 18.8. The van der Waals surface area contributed by atoms with Gasteiger partial charge in [-0.3, -0.25) is 0 Å². The molecule has 6 nitrogen and oxygen atoms in total. The van der Waals surface area contributed by atoms with Crippen LogP contribution >= 0.6 is 0 Å². The van der Waals surface area contributed by atoms with Gasteiger partial charge in [-0.25, -0.2) is 9.37 Å². The lowest BCUT2D eigenvalue weighted by molar-refractivity contribution is -0.263. The van der Waals surface area contributed by atoms with Crippen LogP contribution in [0.1, 0.15) is 39.0 Å². The molecule has 3 rings (SSSR count). The highest BCUT2D eigenvalue weighted by Gasteiger charge is 2.56. The van der Waals surface area contributed by atoms with Crippen LogP contribution in [0.15, 0.2) is 30.3 Å². The Morgan fingerprint density at radius 1 is 1.25 bits per heavy atom. The van der Waals surface area contributed by atoms with Crippen LogP contribution in [0.2, 0.25) is 0 Å². The van der Waals surface area contributed by atoms with Gasteiger partial charge in [-0.2, -0.15) is 13.2 Å². The van der Waals surface area contributed by atoms with Gasteiger partial charge in [0.05, 0.1) is 5.69 Å². The molecule has 3 atom stereocenters. The highest BCUT2D eigenvalue weighted by molar-refractivity contribution is 7.90. The Hall–Kier alpha value is -1.92. The van der Waals surface area contributed by atoms with Gasteiger partial charge in [0.15, 0.2) is 5.75 Å². The van der Waals surface area contributed by atoms with Crippen LogP contribution in [0.25, 0.3) is 11.3 Å². The van der Waals surface area contributed by atoms with Gasteiger partial charge < -0.3 is 20.1 Å². The summed E-state index contributed by atoms with van der Waals surface area (Å²) in [5, 5.41) is 10.5. The molecule has 1 aromatic carbocycles. The Labute approximate surface area is 186 Å². The zero-order chi connectivity index (χ0) is 24.1. The SMILES string of the molecule is CC1(N[S+]([O-])C(C)(C)C)COc2c1cc(C(O)(CN)C(F)(F)F)nc2-c1ccc(F)cc1. The van der Waals surface area contributed by atoms with Gasteiger partial charge >= 0.3 is 6.18 Å². The number of nitrogens with one attached hydrogen (secondary N) is 1. The van der Waals surface area contributed by atoms with Crippen molar-refractivity contribution in [2.24, 2.45) is 5.73 Å². The number of fused-ring (bicyclic) bond motifs is 1. The number of ether oxygens (including phenoxy) is 1. The fourth-order valence-electron chi connectivity index (χ4n) is 3.21. The molecule has 1 aromatic heterocycles. The van der Waals surface area contributed by atoms with Crippen LogP contribution in [0.5, 0.6) is 5.75 Å². The molecule has 1 aliphatic heterocycles. The minimum Gasteiger partial charge on any atom is -0.598 e. The number of hydrogen-bond acceptors (Lipinski definition) is 6. The van der Waals surface area contributed by atoms with Crippen molar-refractivity contribution in [2.45, 2.75) is 49.8 Å². The average molecular weight is 476 g/mol. The lowest BCUT2D eigenvalue weighted by atomic mass is 9.89. The second kappa shape index (κ2) is 8.14. The highest BCUT2D eigenvalue weighted by atomic mass is 32.2. The van der Waals surface area contributed by atoms with E-state index in [2.05, 4.69) is 9.71 Å². The van der Waals surface area contributed by atoms with Crippen molar-refractivity contribution in [1.82, 2.24) is 9.71 Å². The summed E-state index contributed by atoms with van der Waals surface area (Å²) >= 11 is -1.58. The minimum atomic E-state index is -5.11. The predicted octanol–water partition coefficient (Wildman–Crippen LogP) is 3.26. The molecule has 1 aliphatic rings. The van der Waals surface area contributed by atoms with E-state index in [1.807, 2.05) is 0 Å². The van der Waals surface area contributed by atoms with Crippen molar-refractivity contribution in [3.05, 3.63) is 47.4 Å². The van der Waals surface area contributed by atoms with Crippen LogP contribution in [0.4, 0.5) is 17.6 Å². The number of rotatable bonds is 5. The molecular weight excluding hydrogens is 450 g/mol. The quantitative estimate of drug-likeness (QED) is 0.453. The van der Waals surface area contributed by atoms with E-state index in [1.54, 1.807) is 27.7 Å². The van der Waals surface area contributed by atoms with Crippen molar-refractivity contribution in [2.75, 3.05) is 13.2 Å². The molecule has 0 bridgehead atoms. The Morgan fingerprint density at radius 2 is 1.84 bits per heavy atom. The maximum absolute atomic E-state index is 13.8. The fraction of sp³-hybridized carbons (Fsp3) is 0.476. The smallest absolute Gasteiger partial charge is 0.424 e. The Morgan fingerprint density at radius 3 is 2.34 bits per heavy atom. The number of nitrogens with zero attached hydrogens (tertiary/aromatic N) is 1. The van der Waals surface area contributed by atoms with E-state index >= 15 is 0 Å². The van der Waals surface area contributed by atoms with Gasteiger partial charge in [0.1, 0.15) is 28.4 Å². The van der Waals surface area contributed by atoms with Crippen LogP contribution in [-0.4, -0.2) is 38.7 Å². The standard InChI is InChI=1S/C21H25F4N3O3S/c1-18(2,3)32(30)28-19(4)11-31-17-14(19)9-15(20(29,10-26)21(23,24)25)27-16(17)12-5-7-13(22)8-6-12/h5-9,28-29H,10-11,26H2,1-4H3. The second-order valence-corrected chi connectivity index (χ2v) is 10.9. The summed E-state index contributed by atoms with van der Waals surface area (Å²) < 4.78 is 75.6. The van der Waals surface area contributed by atoms with Gasteiger partial charge in [-0.1, -0.05) is 0 Å². The molecule has 4 N–H and O–H groups in total. The number of nitrogens with two attached hydrogens (primary N) is 1. The number of aliphatic hydroxyl groups is 1. The minimum absolute atomic E-state index is 0.0132. The van der Waals surface area contributed by atoms with E-state index in [0.717, 1.165) is 18.2 Å². The fourth-order valence-corrected chi connectivity index (χ4v) is 4.09. The summed E-state index contributed by atoms with van der Waals surface area (Å²) in [7, 11) is 0. The molecule has 0 spiro atoms. The maximum atomic E-state index is 13.8. The third kappa shape index (κ3) is 4.32. The van der Waals surface area contributed by atoms with Crippen molar-refractivity contribution in [1.29, 1.82) is 0 Å². The van der Waals surface area contributed by atoms with Crippen molar-refractivity contribution in [3.8, 4) is 17.0 Å². The van der Waals surface area contributed by atoms with Gasteiger partial charge in [-0.05, 0) is 58.0 Å². The van der Waals surface area contributed by atoms with Gasteiger partial charge in [0.2, 0.25) is 5.60 Å². The number of halogens is 4. The Kier molecular flexibility index (Phi) is 6.29. The number of hydrogen-bond donors (Lipinski definition) is 3. The van der Waals surface area contributed by atoms with E-state index in [-0.39, 0.29) is 29.2 Å². The van der Waals surface area contributed by atoms with E-state index in [4.69, 9.17) is 10.5 Å². The number of pyridine rings is 1. The third-order valence-electron chi connectivity index (χ3n) is 5.25. The van der Waals surface area contributed by atoms with E-state index in [9.17, 15) is 27.2 Å². The van der Waals surface area contributed by atoms with Crippen molar-refractivity contribution < 1.29 is 32.0 Å². The first-order chi connectivity index (χ1) is 14.6. The molecule has 0 saturated heterocycles. The molecule has 0 saturated carbocycles. The van der Waals surface area contributed by atoms with Crippen LogP contribution in [-0.2, 0) is 22.5 Å². The van der Waals surface area contributed by atoms with Crippen molar-refractivity contribution >= 4 is 11.4 Å². The van der Waals surface area contributed by atoms with Gasteiger partial charge in [-0.15, -0.1) is 4.72 Å². The summed E-state index contributed by atoms with van der Waals surface area (Å²) in [4.78, 5) is 4.05. The molecule has 0 amide bonds. The third-order valence-corrected chi connectivity index (χ3v) is 7.00. The molecule has 2 aromatic rings. The molecule has 3 unspecified atom stereocenters. The lowest BCUT2D eigenvalue weighted by Gasteiger charge is -2.32. The first kappa shape index (κ1) is 24.7. The largest absolute Gasteiger partial charge is 0.598 e. The van der Waals surface area contributed by atoms with E-state index in [0.29, 0.717) is 0 Å². The molecule has 32 heavy (non-hydrogen) atoms. The van der Waals surface area contributed by atoms with E-state index < -0.39 is 51.5 Å². The summed E-state index contributed by atoms with van der Waals surface area (Å²) in [5.41, 5.74) is 0.523. The first-order valence-electron chi connectivity index (χ1n) is 9.76. The molecular formula is C21H25F4N3O3S. The maximum Gasteiger partial charge on any atom is 0.424 e. The molecule has 0 radical (unpaired) electrons. The van der Waals surface area contributed by atoms with Gasteiger partial charge in [0.25, 0.3) is 0 Å². The summed E-state index contributed by atoms with van der Waals surface area (Å²) in [5.74, 6) is -0.383. The topological polar surface area (TPSA) is 103 Å². The number of aromatic nitrogens is 1. The molecule has 11 heteroatoms. The number of benzene rings is 1. The highest BCUT2D eigenvalue weighted by Crippen LogP contribution is 2.47. The average Bonchev–Trinajstić information content (AvgIpc) is 3.02. The molecule has 0 aliphatic carbocycles. The summed E-state index contributed by atoms with van der Waals surface area (Å²) in [6, 6.07) is 6.03. The van der Waals surface area contributed by atoms with Crippen LogP contribution in [0, 0.1) is 5.82 Å².